The van der Waals surface area contributed by atoms with Gasteiger partial charge in [0.15, 0.2) is 5.78 Å². The molecule has 0 spiro atoms. The monoisotopic (exact) mass is 129 g/mol. The molecular weight excluding hydrogens is 118 g/mol. The summed E-state index contributed by atoms with van der Waals surface area (Å²) in [6.45, 7) is 1.39. The summed E-state index contributed by atoms with van der Waals surface area (Å²) < 4.78 is 0. The van der Waals surface area contributed by atoms with Crippen LogP contribution in [0.2, 0.25) is 0 Å². The zero-order valence-corrected chi connectivity index (χ0v) is 5.42. The van der Waals surface area contributed by atoms with Gasteiger partial charge in [-0.2, -0.15) is 0 Å². The van der Waals surface area contributed by atoms with E-state index >= 15 is 0 Å². The van der Waals surface area contributed by atoms with Gasteiger partial charge in [0.25, 0.3) is 0 Å². The molecule has 0 radical (unpaired) electrons. The van der Waals surface area contributed by atoms with Gasteiger partial charge in [0.1, 0.15) is 5.60 Å². The van der Waals surface area contributed by atoms with Crippen molar-refractivity contribution in [2.24, 2.45) is 5.73 Å². The van der Waals surface area contributed by atoms with E-state index in [0.29, 0.717) is 12.8 Å². The van der Waals surface area contributed by atoms with E-state index in [1.807, 2.05) is 0 Å². The number of rotatable bonds is 1. The minimum Gasteiger partial charge on any atom is -0.382 e. The maximum absolute atomic E-state index is 10.6. The SMILES string of the molecule is CC(=O)C1(O)CC(N)C1. The third-order valence-electron chi connectivity index (χ3n) is 1.86. The van der Waals surface area contributed by atoms with Crippen LogP contribution in [0.1, 0.15) is 19.8 Å². The molecule has 1 aliphatic carbocycles. The Morgan fingerprint density at radius 3 is 2.33 bits per heavy atom. The Morgan fingerprint density at radius 1 is 1.78 bits per heavy atom. The lowest BCUT2D eigenvalue weighted by atomic mass is 9.74. The van der Waals surface area contributed by atoms with Crippen LogP contribution in [-0.4, -0.2) is 22.5 Å². The summed E-state index contributed by atoms with van der Waals surface area (Å²) in [5.74, 6) is -0.163. The first kappa shape index (κ1) is 6.71. The summed E-state index contributed by atoms with van der Waals surface area (Å²) in [4.78, 5) is 10.6. The van der Waals surface area contributed by atoms with E-state index in [2.05, 4.69) is 0 Å². The molecular formula is C6H11NO2. The van der Waals surface area contributed by atoms with Gasteiger partial charge in [0.05, 0.1) is 0 Å². The molecule has 1 aliphatic rings. The van der Waals surface area contributed by atoms with Crippen molar-refractivity contribution in [3.8, 4) is 0 Å². The van der Waals surface area contributed by atoms with Crippen LogP contribution in [0.5, 0.6) is 0 Å². The molecule has 52 valence electrons. The molecule has 9 heavy (non-hydrogen) atoms. The Kier molecular flexibility index (Phi) is 1.33. The van der Waals surface area contributed by atoms with Crippen molar-refractivity contribution < 1.29 is 9.90 Å². The first-order valence-corrected chi connectivity index (χ1v) is 3.03. The summed E-state index contributed by atoms with van der Waals surface area (Å²) in [7, 11) is 0. The normalized spacial score (nSPS) is 41.9. The molecule has 0 heterocycles. The summed E-state index contributed by atoms with van der Waals surface area (Å²) in [5, 5.41) is 9.23. The van der Waals surface area contributed by atoms with Crippen LogP contribution >= 0.6 is 0 Å². The van der Waals surface area contributed by atoms with Crippen LogP contribution in [0.25, 0.3) is 0 Å². The summed E-state index contributed by atoms with van der Waals surface area (Å²) in [5.41, 5.74) is 4.31. The third kappa shape index (κ3) is 0.976. The number of carbonyl (C=O) groups is 1. The lowest BCUT2D eigenvalue weighted by molar-refractivity contribution is -0.145. The molecule has 1 fully saturated rings. The molecule has 1 saturated carbocycles. The van der Waals surface area contributed by atoms with Crippen molar-refractivity contribution in [2.45, 2.75) is 31.4 Å². The number of hydrogen-bond donors (Lipinski definition) is 2. The average molecular weight is 129 g/mol. The fourth-order valence-corrected chi connectivity index (χ4v) is 1.10. The molecule has 0 bridgehead atoms. The highest BCUT2D eigenvalue weighted by molar-refractivity contribution is 5.85. The predicted molar refractivity (Wildman–Crippen MR) is 32.8 cm³/mol. The molecule has 0 aromatic rings. The Bertz CT molecular complexity index is 138. The van der Waals surface area contributed by atoms with E-state index in [9.17, 15) is 9.90 Å². The van der Waals surface area contributed by atoms with Crippen LogP contribution < -0.4 is 5.73 Å². The van der Waals surface area contributed by atoms with Crippen molar-refractivity contribution >= 4 is 5.78 Å². The number of ketones is 1. The van der Waals surface area contributed by atoms with Gasteiger partial charge in [0.2, 0.25) is 0 Å². The second kappa shape index (κ2) is 1.78. The molecule has 0 unspecified atom stereocenters. The molecule has 3 N–H and O–H groups in total. The van der Waals surface area contributed by atoms with Crippen molar-refractivity contribution in [3.63, 3.8) is 0 Å². The summed E-state index contributed by atoms with van der Waals surface area (Å²) in [6, 6.07) is 0.0268. The standard InChI is InChI=1S/C6H11NO2/c1-4(8)6(9)2-5(7)3-6/h5,9H,2-3,7H2,1H3. The lowest BCUT2D eigenvalue weighted by Crippen LogP contribution is -2.55. The molecule has 0 aromatic carbocycles. The van der Waals surface area contributed by atoms with Crippen LogP contribution in [0.4, 0.5) is 0 Å². The maximum Gasteiger partial charge on any atom is 0.161 e. The van der Waals surface area contributed by atoms with Gasteiger partial charge in [-0.3, -0.25) is 4.79 Å². The number of nitrogens with two attached hydrogens (primary N) is 1. The van der Waals surface area contributed by atoms with E-state index in [-0.39, 0.29) is 11.8 Å². The van der Waals surface area contributed by atoms with Gasteiger partial charge in [-0.15, -0.1) is 0 Å². The van der Waals surface area contributed by atoms with Crippen LogP contribution in [-0.2, 0) is 4.79 Å². The van der Waals surface area contributed by atoms with Crippen LogP contribution in [0.3, 0.4) is 0 Å². The van der Waals surface area contributed by atoms with Crippen molar-refractivity contribution in [2.75, 3.05) is 0 Å². The fraction of sp³-hybridized carbons (Fsp3) is 0.833. The molecule has 3 nitrogen and oxygen atoms in total. The predicted octanol–water partition coefficient (Wildman–Crippen LogP) is -0.572. The van der Waals surface area contributed by atoms with Gasteiger partial charge in [0, 0.05) is 6.04 Å². The molecule has 0 saturated heterocycles. The van der Waals surface area contributed by atoms with Crippen molar-refractivity contribution in [3.05, 3.63) is 0 Å². The second-order valence-corrected chi connectivity index (χ2v) is 2.76. The van der Waals surface area contributed by atoms with E-state index in [0.717, 1.165) is 0 Å². The maximum atomic E-state index is 10.6. The Labute approximate surface area is 53.9 Å². The van der Waals surface area contributed by atoms with E-state index < -0.39 is 5.60 Å². The first-order chi connectivity index (χ1) is 4.04. The number of Topliss-reactive ketones (excluding diaryl/α,β-unsaturated/α-hetero) is 1. The van der Waals surface area contributed by atoms with Crippen LogP contribution in [0.15, 0.2) is 0 Å². The molecule has 0 aromatic heterocycles. The van der Waals surface area contributed by atoms with Crippen LogP contribution in [0, 0.1) is 0 Å². The Morgan fingerprint density at radius 2 is 2.22 bits per heavy atom. The first-order valence-electron chi connectivity index (χ1n) is 3.03. The Hall–Kier alpha value is -0.410. The zero-order valence-electron chi connectivity index (χ0n) is 5.42. The summed E-state index contributed by atoms with van der Waals surface area (Å²) >= 11 is 0. The zero-order chi connectivity index (χ0) is 7.07. The van der Waals surface area contributed by atoms with Gasteiger partial charge < -0.3 is 10.8 Å². The fourth-order valence-electron chi connectivity index (χ4n) is 1.10. The smallest absolute Gasteiger partial charge is 0.161 e. The minimum absolute atomic E-state index is 0.0268. The van der Waals surface area contributed by atoms with Crippen molar-refractivity contribution in [1.29, 1.82) is 0 Å². The van der Waals surface area contributed by atoms with E-state index in [1.54, 1.807) is 0 Å². The molecule has 0 amide bonds. The van der Waals surface area contributed by atoms with Gasteiger partial charge in [-0.1, -0.05) is 0 Å². The highest BCUT2D eigenvalue weighted by Crippen LogP contribution is 2.31. The Balaban J connectivity index is 2.50. The molecule has 1 rings (SSSR count). The van der Waals surface area contributed by atoms with Gasteiger partial charge >= 0.3 is 0 Å². The summed E-state index contributed by atoms with van der Waals surface area (Å²) in [6.07, 6.45) is 0.866. The van der Waals surface area contributed by atoms with Gasteiger partial charge in [-0.25, -0.2) is 0 Å². The molecule has 3 heteroatoms. The largest absolute Gasteiger partial charge is 0.382 e. The third-order valence-corrected chi connectivity index (χ3v) is 1.86. The highest BCUT2D eigenvalue weighted by Gasteiger charge is 2.44. The number of carbonyl (C=O) groups excluding carboxylic acids is 1. The quantitative estimate of drug-likeness (QED) is 0.498. The van der Waals surface area contributed by atoms with Gasteiger partial charge in [-0.05, 0) is 19.8 Å². The molecule has 0 atom stereocenters. The minimum atomic E-state index is -1.07. The lowest BCUT2D eigenvalue weighted by Gasteiger charge is -2.39. The number of aliphatic hydroxyl groups is 1. The second-order valence-electron chi connectivity index (χ2n) is 2.76. The highest BCUT2D eigenvalue weighted by atomic mass is 16.3. The van der Waals surface area contributed by atoms with E-state index in [1.165, 1.54) is 6.92 Å². The topological polar surface area (TPSA) is 63.3 Å². The molecule has 0 aliphatic heterocycles. The average Bonchev–Trinajstić information content (AvgIpc) is 1.62. The van der Waals surface area contributed by atoms with Crippen molar-refractivity contribution in [1.82, 2.24) is 0 Å². The van der Waals surface area contributed by atoms with E-state index in [4.69, 9.17) is 5.73 Å². The number of hydrogen-bond acceptors (Lipinski definition) is 3.